The fourth-order valence-electron chi connectivity index (χ4n) is 1.07. The second-order valence-electron chi connectivity index (χ2n) is 2.91. The van der Waals surface area contributed by atoms with Gasteiger partial charge in [0.2, 0.25) is 0 Å². The molecular formula is C9H6F4O2. The molecule has 15 heavy (non-hydrogen) atoms. The van der Waals surface area contributed by atoms with E-state index in [1.165, 1.54) is 0 Å². The SMILES string of the molecule is O=C(O)c1ccc(CC(F)(F)F)cc1F. The van der Waals surface area contributed by atoms with E-state index in [9.17, 15) is 22.4 Å². The van der Waals surface area contributed by atoms with E-state index in [1.807, 2.05) is 0 Å². The van der Waals surface area contributed by atoms with Crippen molar-refractivity contribution < 1.29 is 27.5 Å². The minimum Gasteiger partial charge on any atom is -0.478 e. The third-order valence-corrected chi connectivity index (χ3v) is 1.67. The van der Waals surface area contributed by atoms with Crippen molar-refractivity contribution in [3.63, 3.8) is 0 Å². The minimum atomic E-state index is -4.43. The lowest BCUT2D eigenvalue weighted by Gasteiger charge is -2.06. The summed E-state index contributed by atoms with van der Waals surface area (Å²) in [7, 11) is 0. The van der Waals surface area contributed by atoms with E-state index < -0.39 is 29.9 Å². The van der Waals surface area contributed by atoms with E-state index in [-0.39, 0.29) is 5.56 Å². The summed E-state index contributed by atoms with van der Waals surface area (Å²) >= 11 is 0. The van der Waals surface area contributed by atoms with Gasteiger partial charge in [0, 0.05) is 0 Å². The average molecular weight is 222 g/mol. The lowest BCUT2D eigenvalue weighted by molar-refractivity contribution is -0.127. The summed E-state index contributed by atoms with van der Waals surface area (Å²) in [6.07, 6.45) is -5.71. The quantitative estimate of drug-likeness (QED) is 0.781. The summed E-state index contributed by atoms with van der Waals surface area (Å²) in [5, 5.41) is 8.43. The largest absolute Gasteiger partial charge is 0.478 e. The van der Waals surface area contributed by atoms with Crippen molar-refractivity contribution in [2.24, 2.45) is 0 Å². The highest BCUT2D eigenvalue weighted by Gasteiger charge is 2.28. The van der Waals surface area contributed by atoms with E-state index in [4.69, 9.17) is 5.11 Å². The molecule has 0 radical (unpaired) electrons. The highest BCUT2D eigenvalue weighted by Crippen LogP contribution is 2.22. The Bertz CT molecular complexity index is 384. The number of aromatic carboxylic acids is 1. The van der Waals surface area contributed by atoms with Crippen LogP contribution in [-0.4, -0.2) is 17.3 Å². The van der Waals surface area contributed by atoms with Crippen molar-refractivity contribution in [1.29, 1.82) is 0 Å². The number of carbonyl (C=O) groups is 1. The summed E-state index contributed by atoms with van der Waals surface area (Å²) in [6.45, 7) is 0. The van der Waals surface area contributed by atoms with Crippen LogP contribution >= 0.6 is 0 Å². The summed E-state index contributed by atoms with van der Waals surface area (Å²) in [5.41, 5.74) is -0.939. The van der Waals surface area contributed by atoms with Crippen molar-refractivity contribution in [3.8, 4) is 0 Å². The third-order valence-electron chi connectivity index (χ3n) is 1.67. The highest BCUT2D eigenvalue weighted by molar-refractivity contribution is 5.87. The zero-order valence-corrected chi connectivity index (χ0v) is 7.31. The van der Waals surface area contributed by atoms with Gasteiger partial charge in [-0.05, 0) is 17.7 Å². The monoisotopic (exact) mass is 222 g/mol. The molecule has 1 N–H and O–H groups in total. The molecule has 1 aromatic carbocycles. The zero-order valence-electron chi connectivity index (χ0n) is 7.31. The number of hydrogen-bond acceptors (Lipinski definition) is 1. The van der Waals surface area contributed by atoms with E-state index in [2.05, 4.69) is 0 Å². The zero-order chi connectivity index (χ0) is 11.6. The summed E-state index contributed by atoms with van der Waals surface area (Å²) in [6, 6.07) is 2.34. The first-order chi connectivity index (χ1) is 6.79. The fourth-order valence-corrected chi connectivity index (χ4v) is 1.07. The smallest absolute Gasteiger partial charge is 0.393 e. The molecule has 82 valence electrons. The Balaban J connectivity index is 2.97. The molecule has 0 bridgehead atoms. The predicted molar refractivity (Wildman–Crippen MR) is 43.1 cm³/mol. The Morgan fingerprint density at radius 3 is 2.33 bits per heavy atom. The molecule has 0 fully saturated rings. The van der Waals surface area contributed by atoms with Crippen LogP contribution in [0.1, 0.15) is 15.9 Å². The maximum atomic E-state index is 12.9. The topological polar surface area (TPSA) is 37.3 Å². The van der Waals surface area contributed by atoms with Gasteiger partial charge in [-0.2, -0.15) is 13.2 Å². The van der Waals surface area contributed by atoms with Crippen molar-refractivity contribution in [3.05, 3.63) is 35.1 Å². The van der Waals surface area contributed by atoms with Gasteiger partial charge in [0.25, 0.3) is 0 Å². The Morgan fingerprint density at radius 1 is 1.33 bits per heavy atom. The first-order valence-corrected chi connectivity index (χ1v) is 3.88. The average Bonchev–Trinajstić information content (AvgIpc) is 1.99. The Labute approximate surface area is 82.1 Å². The van der Waals surface area contributed by atoms with E-state index in [0.29, 0.717) is 6.07 Å². The Hall–Kier alpha value is -1.59. The lowest BCUT2D eigenvalue weighted by atomic mass is 10.1. The van der Waals surface area contributed by atoms with Crippen LogP contribution in [-0.2, 0) is 6.42 Å². The van der Waals surface area contributed by atoms with Gasteiger partial charge >= 0.3 is 12.1 Å². The molecule has 0 spiro atoms. The standard InChI is InChI=1S/C9H6F4O2/c10-7-3-5(4-9(11,12)13)1-2-6(7)8(14)15/h1-3H,4H2,(H,14,15). The summed E-state index contributed by atoms with van der Waals surface area (Å²) in [4.78, 5) is 10.4. The molecule has 0 aliphatic heterocycles. The lowest BCUT2D eigenvalue weighted by Crippen LogP contribution is -2.12. The maximum Gasteiger partial charge on any atom is 0.393 e. The Morgan fingerprint density at radius 2 is 1.93 bits per heavy atom. The first-order valence-electron chi connectivity index (χ1n) is 3.88. The van der Waals surface area contributed by atoms with E-state index in [0.717, 1.165) is 12.1 Å². The van der Waals surface area contributed by atoms with Gasteiger partial charge in [0.15, 0.2) is 0 Å². The molecule has 0 unspecified atom stereocenters. The van der Waals surface area contributed by atoms with Crippen molar-refractivity contribution in [2.45, 2.75) is 12.6 Å². The van der Waals surface area contributed by atoms with Crippen molar-refractivity contribution in [2.75, 3.05) is 0 Å². The van der Waals surface area contributed by atoms with E-state index in [1.54, 1.807) is 0 Å². The van der Waals surface area contributed by atoms with E-state index >= 15 is 0 Å². The molecule has 0 aromatic heterocycles. The van der Waals surface area contributed by atoms with Gasteiger partial charge in [0.1, 0.15) is 5.82 Å². The van der Waals surface area contributed by atoms with Crippen LogP contribution in [0.3, 0.4) is 0 Å². The molecule has 0 atom stereocenters. The highest BCUT2D eigenvalue weighted by atomic mass is 19.4. The molecule has 0 aliphatic carbocycles. The molecule has 6 heteroatoms. The Kier molecular flexibility index (Phi) is 2.97. The number of rotatable bonds is 2. The van der Waals surface area contributed by atoms with Gasteiger partial charge in [-0.3, -0.25) is 0 Å². The predicted octanol–water partition coefficient (Wildman–Crippen LogP) is 2.63. The molecule has 2 nitrogen and oxygen atoms in total. The number of carboxylic acids is 1. The van der Waals surface area contributed by atoms with Gasteiger partial charge in [-0.25, -0.2) is 9.18 Å². The molecule has 1 aromatic rings. The van der Waals surface area contributed by atoms with Crippen LogP contribution in [0, 0.1) is 5.82 Å². The molecule has 0 saturated carbocycles. The summed E-state index contributed by atoms with van der Waals surface area (Å²) in [5.74, 6) is -2.67. The number of alkyl halides is 3. The normalized spacial score (nSPS) is 11.5. The van der Waals surface area contributed by atoms with Crippen LogP contribution in [0.2, 0.25) is 0 Å². The molecule has 0 aliphatic rings. The van der Waals surface area contributed by atoms with Crippen molar-refractivity contribution >= 4 is 5.97 Å². The molecule has 1 rings (SSSR count). The van der Waals surface area contributed by atoms with Crippen LogP contribution < -0.4 is 0 Å². The number of halogens is 4. The molecule has 0 heterocycles. The second kappa shape index (κ2) is 3.88. The van der Waals surface area contributed by atoms with Crippen LogP contribution in [0.4, 0.5) is 17.6 Å². The number of carboxylic acid groups (broad SMARTS) is 1. The van der Waals surface area contributed by atoms with Gasteiger partial charge in [-0.15, -0.1) is 0 Å². The number of hydrogen-bond donors (Lipinski definition) is 1. The van der Waals surface area contributed by atoms with Crippen molar-refractivity contribution in [1.82, 2.24) is 0 Å². The second-order valence-corrected chi connectivity index (χ2v) is 2.91. The maximum absolute atomic E-state index is 12.9. The van der Waals surface area contributed by atoms with Crippen LogP contribution in [0.25, 0.3) is 0 Å². The third kappa shape index (κ3) is 3.23. The van der Waals surface area contributed by atoms with Gasteiger partial charge in [-0.1, -0.05) is 6.07 Å². The fraction of sp³-hybridized carbons (Fsp3) is 0.222. The van der Waals surface area contributed by atoms with Gasteiger partial charge in [0.05, 0.1) is 12.0 Å². The molecule has 0 saturated heterocycles. The summed E-state index contributed by atoms with van der Waals surface area (Å²) < 4.78 is 48.6. The molecule has 0 amide bonds. The van der Waals surface area contributed by atoms with Crippen LogP contribution in [0.5, 0.6) is 0 Å². The van der Waals surface area contributed by atoms with Gasteiger partial charge < -0.3 is 5.11 Å². The molecular weight excluding hydrogens is 216 g/mol. The number of benzene rings is 1. The first kappa shape index (κ1) is 11.5. The minimum absolute atomic E-state index is 0.301. The van der Waals surface area contributed by atoms with Crippen LogP contribution in [0.15, 0.2) is 18.2 Å².